The van der Waals surface area contributed by atoms with Gasteiger partial charge >= 0.3 is 6.01 Å². The average Bonchev–Trinajstić information content (AvgIpc) is 3.08. The molecule has 7 heteroatoms. The third-order valence-electron chi connectivity index (χ3n) is 4.25. The van der Waals surface area contributed by atoms with Gasteiger partial charge in [0, 0.05) is 5.39 Å². The molecule has 0 saturated heterocycles. The number of para-hydroxylation sites is 2. The van der Waals surface area contributed by atoms with E-state index in [2.05, 4.69) is 20.4 Å². The summed E-state index contributed by atoms with van der Waals surface area (Å²) < 4.78 is 10.9. The van der Waals surface area contributed by atoms with Crippen molar-refractivity contribution in [2.75, 3.05) is 5.32 Å². The molecule has 2 aromatic heterocycles. The summed E-state index contributed by atoms with van der Waals surface area (Å²) in [7, 11) is 0. The van der Waals surface area contributed by atoms with E-state index in [9.17, 15) is 4.79 Å². The first-order valence-electron chi connectivity index (χ1n) is 8.81. The van der Waals surface area contributed by atoms with Gasteiger partial charge in [0.05, 0.1) is 23.5 Å². The first-order chi connectivity index (χ1) is 13.6. The Hall–Kier alpha value is -3.74. The molecule has 0 radical (unpaired) electrons. The number of anilines is 1. The van der Waals surface area contributed by atoms with Crippen LogP contribution in [0.4, 0.5) is 5.69 Å². The van der Waals surface area contributed by atoms with Crippen molar-refractivity contribution in [2.45, 2.75) is 20.3 Å². The smallest absolute Gasteiger partial charge is 0.322 e. The van der Waals surface area contributed by atoms with Gasteiger partial charge in [0.2, 0.25) is 5.91 Å². The van der Waals surface area contributed by atoms with Gasteiger partial charge in [-0.25, -0.2) is 0 Å². The quantitative estimate of drug-likeness (QED) is 0.563. The van der Waals surface area contributed by atoms with E-state index in [0.717, 1.165) is 5.39 Å². The van der Waals surface area contributed by atoms with Gasteiger partial charge in [-0.05, 0) is 38.1 Å². The molecule has 0 bridgehead atoms. The molecule has 0 saturated carbocycles. The van der Waals surface area contributed by atoms with E-state index in [-0.39, 0.29) is 18.3 Å². The van der Waals surface area contributed by atoms with Crippen molar-refractivity contribution in [3.63, 3.8) is 0 Å². The molecule has 4 aromatic rings. The van der Waals surface area contributed by atoms with Gasteiger partial charge in [-0.1, -0.05) is 35.5 Å². The van der Waals surface area contributed by atoms with Crippen LogP contribution in [0.3, 0.4) is 0 Å². The van der Waals surface area contributed by atoms with Crippen molar-refractivity contribution in [2.24, 2.45) is 0 Å². The molecule has 0 fully saturated rings. The van der Waals surface area contributed by atoms with E-state index in [1.54, 1.807) is 13.8 Å². The number of nitrogens with zero attached hydrogens (tertiary/aromatic N) is 3. The SMILES string of the molecule is Cc1nc(Oc2ccccc2)nc(C)c1NC(=O)Cc1noc2ccccc12. The van der Waals surface area contributed by atoms with Crippen molar-refractivity contribution < 1.29 is 14.1 Å². The Bertz CT molecular complexity index is 1120. The van der Waals surface area contributed by atoms with Gasteiger partial charge in [-0.3, -0.25) is 4.79 Å². The molecule has 1 amide bonds. The molecule has 0 aliphatic heterocycles. The molecule has 140 valence electrons. The monoisotopic (exact) mass is 374 g/mol. The van der Waals surface area contributed by atoms with Gasteiger partial charge in [-0.15, -0.1) is 0 Å². The van der Waals surface area contributed by atoms with E-state index >= 15 is 0 Å². The van der Waals surface area contributed by atoms with Gasteiger partial charge < -0.3 is 14.6 Å². The number of aryl methyl sites for hydroxylation is 2. The number of fused-ring (bicyclic) bond motifs is 1. The number of aromatic nitrogens is 3. The van der Waals surface area contributed by atoms with Crippen LogP contribution in [0.15, 0.2) is 59.1 Å². The van der Waals surface area contributed by atoms with Crippen LogP contribution >= 0.6 is 0 Å². The van der Waals surface area contributed by atoms with Crippen LogP contribution in [-0.2, 0) is 11.2 Å². The van der Waals surface area contributed by atoms with Crippen LogP contribution in [0, 0.1) is 13.8 Å². The molecule has 28 heavy (non-hydrogen) atoms. The molecule has 7 nitrogen and oxygen atoms in total. The Kier molecular flexibility index (Phi) is 4.72. The number of amides is 1. The minimum absolute atomic E-state index is 0.0954. The van der Waals surface area contributed by atoms with Crippen LogP contribution < -0.4 is 10.1 Å². The topological polar surface area (TPSA) is 90.1 Å². The molecule has 0 aliphatic carbocycles. The fraction of sp³-hybridized carbons (Fsp3) is 0.143. The Labute approximate surface area is 161 Å². The lowest BCUT2D eigenvalue weighted by Gasteiger charge is -2.12. The van der Waals surface area contributed by atoms with Crippen LogP contribution in [0.1, 0.15) is 17.1 Å². The zero-order valence-corrected chi connectivity index (χ0v) is 15.5. The van der Waals surface area contributed by atoms with Crippen molar-refractivity contribution >= 4 is 22.6 Å². The van der Waals surface area contributed by atoms with Crippen LogP contribution in [0.5, 0.6) is 11.8 Å². The van der Waals surface area contributed by atoms with E-state index in [1.165, 1.54) is 0 Å². The molecule has 2 heterocycles. The Morgan fingerprint density at radius 1 is 1.00 bits per heavy atom. The highest BCUT2D eigenvalue weighted by Crippen LogP contribution is 2.24. The van der Waals surface area contributed by atoms with Gasteiger partial charge in [-0.2, -0.15) is 9.97 Å². The van der Waals surface area contributed by atoms with Gasteiger partial charge in [0.15, 0.2) is 5.58 Å². The number of hydrogen-bond donors (Lipinski definition) is 1. The van der Waals surface area contributed by atoms with Crippen LogP contribution in [-0.4, -0.2) is 21.0 Å². The first-order valence-corrected chi connectivity index (χ1v) is 8.81. The van der Waals surface area contributed by atoms with Crippen LogP contribution in [0.2, 0.25) is 0 Å². The van der Waals surface area contributed by atoms with Crippen LogP contribution in [0.25, 0.3) is 11.0 Å². The molecule has 1 N–H and O–H groups in total. The molecule has 0 spiro atoms. The summed E-state index contributed by atoms with van der Waals surface area (Å²) in [5.74, 6) is 0.432. The minimum atomic E-state index is -0.217. The summed E-state index contributed by atoms with van der Waals surface area (Å²) >= 11 is 0. The summed E-state index contributed by atoms with van der Waals surface area (Å²) in [5.41, 5.74) is 3.06. The highest BCUT2D eigenvalue weighted by atomic mass is 16.5. The second-order valence-electron chi connectivity index (χ2n) is 6.32. The first kappa shape index (κ1) is 17.7. The Morgan fingerprint density at radius 3 is 2.43 bits per heavy atom. The standard InChI is InChI=1S/C21H18N4O3/c1-13-20(14(2)23-21(22-13)27-15-8-4-3-5-9-15)24-19(26)12-17-16-10-6-7-11-18(16)28-25-17/h3-11H,12H2,1-2H3,(H,24,26). The summed E-state index contributed by atoms with van der Waals surface area (Å²) in [5, 5.41) is 7.69. The molecule has 0 atom stereocenters. The predicted octanol–water partition coefficient (Wildman–Crippen LogP) is 4.21. The normalized spacial score (nSPS) is 10.8. The van der Waals surface area contributed by atoms with E-state index < -0.39 is 0 Å². The second-order valence-corrected chi connectivity index (χ2v) is 6.32. The number of rotatable bonds is 5. The molecule has 0 unspecified atom stereocenters. The predicted molar refractivity (Wildman–Crippen MR) is 104 cm³/mol. The zero-order valence-electron chi connectivity index (χ0n) is 15.5. The lowest BCUT2D eigenvalue weighted by atomic mass is 10.1. The largest absolute Gasteiger partial charge is 0.424 e. The van der Waals surface area contributed by atoms with Gasteiger partial charge in [0.25, 0.3) is 0 Å². The summed E-state index contributed by atoms with van der Waals surface area (Å²) in [6.45, 7) is 3.60. The third kappa shape index (κ3) is 3.68. The molecular weight excluding hydrogens is 356 g/mol. The van der Waals surface area contributed by atoms with Crippen molar-refractivity contribution in [3.05, 3.63) is 71.7 Å². The maximum atomic E-state index is 12.5. The van der Waals surface area contributed by atoms with E-state index in [4.69, 9.17) is 9.26 Å². The maximum Gasteiger partial charge on any atom is 0.322 e. The zero-order chi connectivity index (χ0) is 19.5. The maximum absolute atomic E-state index is 12.5. The third-order valence-corrected chi connectivity index (χ3v) is 4.25. The molecular formula is C21H18N4O3. The fourth-order valence-corrected chi connectivity index (χ4v) is 2.91. The van der Waals surface area contributed by atoms with E-state index in [1.807, 2.05) is 54.6 Å². The second kappa shape index (κ2) is 7.48. The summed E-state index contributed by atoms with van der Waals surface area (Å²) in [6.07, 6.45) is 0.0954. The van der Waals surface area contributed by atoms with Crippen molar-refractivity contribution in [3.8, 4) is 11.8 Å². The number of carbonyl (C=O) groups excluding carboxylic acids is 1. The number of carbonyl (C=O) groups is 1. The highest BCUT2D eigenvalue weighted by Gasteiger charge is 2.16. The molecule has 2 aromatic carbocycles. The molecule has 0 aliphatic rings. The lowest BCUT2D eigenvalue weighted by molar-refractivity contribution is -0.115. The van der Waals surface area contributed by atoms with Crippen molar-refractivity contribution in [1.82, 2.24) is 15.1 Å². The highest BCUT2D eigenvalue weighted by molar-refractivity contribution is 5.95. The number of nitrogens with one attached hydrogen (secondary N) is 1. The number of hydrogen-bond acceptors (Lipinski definition) is 6. The number of benzene rings is 2. The van der Waals surface area contributed by atoms with Gasteiger partial charge in [0.1, 0.15) is 11.4 Å². The molecule has 4 rings (SSSR count). The summed E-state index contributed by atoms with van der Waals surface area (Å²) in [4.78, 5) is 21.2. The Morgan fingerprint density at radius 2 is 1.68 bits per heavy atom. The summed E-state index contributed by atoms with van der Waals surface area (Å²) in [6, 6.07) is 17.0. The lowest BCUT2D eigenvalue weighted by Crippen LogP contribution is -2.17. The average molecular weight is 374 g/mol. The van der Waals surface area contributed by atoms with Crippen molar-refractivity contribution in [1.29, 1.82) is 0 Å². The fourth-order valence-electron chi connectivity index (χ4n) is 2.91. The van der Waals surface area contributed by atoms with E-state index in [0.29, 0.717) is 34.1 Å². The minimum Gasteiger partial charge on any atom is -0.424 e. The Balaban J connectivity index is 1.50. The number of ether oxygens (including phenoxy) is 1.